The number of hydrogen-bond acceptors (Lipinski definition) is 5. The summed E-state index contributed by atoms with van der Waals surface area (Å²) in [5.74, 6) is 2.39. The number of nitrogens with one attached hydrogen (secondary N) is 1. The van der Waals surface area contributed by atoms with Crippen LogP contribution in [0.15, 0.2) is 57.4 Å². The predicted molar refractivity (Wildman–Crippen MR) is 109 cm³/mol. The third-order valence-electron chi connectivity index (χ3n) is 4.14. The fourth-order valence-electron chi connectivity index (χ4n) is 2.72. The highest BCUT2D eigenvalue weighted by Crippen LogP contribution is 2.38. The van der Waals surface area contributed by atoms with Crippen LogP contribution >= 0.6 is 15.9 Å². The molecule has 1 N–H and O–H groups in total. The minimum atomic E-state index is -0.277. The van der Waals surface area contributed by atoms with Crippen LogP contribution in [0.1, 0.15) is 16.1 Å². The maximum absolute atomic E-state index is 12.6. The first kappa shape index (κ1) is 19.8. The first-order valence-corrected chi connectivity index (χ1v) is 9.28. The van der Waals surface area contributed by atoms with E-state index in [2.05, 4.69) is 21.2 Å². The average molecular weight is 446 g/mol. The number of ether oxygens (including phenoxy) is 3. The van der Waals surface area contributed by atoms with Crippen molar-refractivity contribution in [3.05, 3.63) is 64.3 Å². The maximum Gasteiger partial charge on any atom is 0.251 e. The van der Waals surface area contributed by atoms with Gasteiger partial charge < -0.3 is 23.9 Å². The minimum Gasteiger partial charge on any atom is -0.493 e. The summed E-state index contributed by atoms with van der Waals surface area (Å²) in [4.78, 5) is 12.6. The molecule has 0 aliphatic rings. The maximum atomic E-state index is 12.6. The van der Waals surface area contributed by atoms with Gasteiger partial charge in [-0.3, -0.25) is 4.79 Å². The minimum absolute atomic E-state index is 0.256. The van der Waals surface area contributed by atoms with Crippen LogP contribution in [0, 0.1) is 0 Å². The van der Waals surface area contributed by atoms with Crippen LogP contribution in [0.2, 0.25) is 0 Å². The lowest BCUT2D eigenvalue weighted by Gasteiger charge is -2.13. The highest BCUT2D eigenvalue weighted by molar-refractivity contribution is 9.10. The van der Waals surface area contributed by atoms with Crippen LogP contribution in [0.25, 0.3) is 11.3 Å². The van der Waals surface area contributed by atoms with E-state index in [-0.39, 0.29) is 12.5 Å². The Hall–Kier alpha value is -2.93. The van der Waals surface area contributed by atoms with Gasteiger partial charge in [0.2, 0.25) is 5.75 Å². The fourth-order valence-corrected chi connectivity index (χ4v) is 2.99. The Morgan fingerprint density at radius 3 is 2.18 bits per heavy atom. The van der Waals surface area contributed by atoms with Crippen molar-refractivity contribution in [3.63, 3.8) is 0 Å². The third-order valence-corrected chi connectivity index (χ3v) is 4.67. The van der Waals surface area contributed by atoms with Crippen molar-refractivity contribution < 1.29 is 23.4 Å². The number of furan rings is 1. The van der Waals surface area contributed by atoms with Gasteiger partial charge in [-0.2, -0.15) is 0 Å². The Bertz CT molecular complexity index is 940. The summed E-state index contributed by atoms with van der Waals surface area (Å²) >= 11 is 3.41. The summed E-state index contributed by atoms with van der Waals surface area (Å²) in [6, 6.07) is 14.7. The van der Waals surface area contributed by atoms with Gasteiger partial charge >= 0.3 is 0 Å². The zero-order valence-electron chi connectivity index (χ0n) is 15.7. The van der Waals surface area contributed by atoms with E-state index >= 15 is 0 Å². The molecule has 28 heavy (non-hydrogen) atoms. The number of amides is 1. The van der Waals surface area contributed by atoms with E-state index in [0.29, 0.717) is 28.6 Å². The molecule has 1 aromatic heterocycles. The Morgan fingerprint density at radius 1 is 0.964 bits per heavy atom. The van der Waals surface area contributed by atoms with Crippen molar-refractivity contribution in [1.29, 1.82) is 0 Å². The molecule has 0 fully saturated rings. The van der Waals surface area contributed by atoms with Gasteiger partial charge in [0.25, 0.3) is 5.91 Å². The molecule has 0 unspecified atom stereocenters. The zero-order valence-corrected chi connectivity index (χ0v) is 17.3. The normalized spacial score (nSPS) is 10.4. The van der Waals surface area contributed by atoms with Crippen molar-refractivity contribution in [2.24, 2.45) is 0 Å². The lowest BCUT2D eigenvalue weighted by Crippen LogP contribution is -2.22. The number of methoxy groups -OCH3 is 3. The van der Waals surface area contributed by atoms with Gasteiger partial charge in [-0.15, -0.1) is 0 Å². The molecule has 0 spiro atoms. The standard InChI is InChI=1S/C21H20BrNO5/c1-25-18-10-14(11-19(26-2)20(18)27-3)21(24)23-12-16-8-9-17(28-16)13-4-6-15(22)7-5-13/h4-11H,12H2,1-3H3,(H,23,24). The number of benzene rings is 2. The van der Waals surface area contributed by atoms with Crippen LogP contribution in [0.5, 0.6) is 17.2 Å². The topological polar surface area (TPSA) is 69.9 Å². The molecular formula is C21H20BrNO5. The second kappa shape index (κ2) is 8.84. The molecule has 0 bridgehead atoms. The molecule has 0 aliphatic carbocycles. The molecule has 0 atom stereocenters. The monoisotopic (exact) mass is 445 g/mol. The molecule has 1 amide bonds. The molecule has 2 aromatic carbocycles. The summed E-state index contributed by atoms with van der Waals surface area (Å²) in [5.41, 5.74) is 1.36. The van der Waals surface area contributed by atoms with Crippen LogP contribution < -0.4 is 19.5 Å². The Morgan fingerprint density at radius 2 is 1.61 bits per heavy atom. The van der Waals surface area contributed by atoms with Crippen molar-refractivity contribution in [3.8, 4) is 28.6 Å². The van der Waals surface area contributed by atoms with Crippen LogP contribution in [-0.4, -0.2) is 27.2 Å². The first-order valence-electron chi connectivity index (χ1n) is 8.48. The molecule has 3 rings (SSSR count). The van der Waals surface area contributed by atoms with Crippen molar-refractivity contribution in [2.45, 2.75) is 6.54 Å². The van der Waals surface area contributed by atoms with Gasteiger partial charge in [-0.1, -0.05) is 28.1 Å². The molecule has 6 nitrogen and oxygen atoms in total. The zero-order chi connectivity index (χ0) is 20.1. The van der Waals surface area contributed by atoms with E-state index in [4.69, 9.17) is 18.6 Å². The largest absolute Gasteiger partial charge is 0.493 e. The summed E-state index contributed by atoms with van der Waals surface area (Å²) in [6.45, 7) is 0.256. The number of hydrogen-bond donors (Lipinski definition) is 1. The van der Waals surface area contributed by atoms with Gasteiger partial charge in [0.1, 0.15) is 11.5 Å². The summed E-state index contributed by atoms with van der Waals surface area (Å²) in [6.07, 6.45) is 0. The summed E-state index contributed by atoms with van der Waals surface area (Å²) in [5, 5.41) is 2.84. The molecule has 3 aromatic rings. The lowest BCUT2D eigenvalue weighted by molar-refractivity contribution is 0.0947. The Kier molecular flexibility index (Phi) is 6.26. The molecular weight excluding hydrogens is 426 g/mol. The van der Waals surface area contributed by atoms with Crippen LogP contribution in [-0.2, 0) is 6.54 Å². The Labute approximate surface area is 171 Å². The first-order chi connectivity index (χ1) is 13.5. The second-order valence-corrected chi connectivity index (χ2v) is 6.79. The Balaban J connectivity index is 1.71. The lowest BCUT2D eigenvalue weighted by atomic mass is 10.1. The molecule has 0 saturated heterocycles. The van der Waals surface area contributed by atoms with E-state index in [1.54, 1.807) is 12.1 Å². The van der Waals surface area contributed by atoms with Crippen LogP contribution in [0.3, 0.4) is 0 Å². The van der Waals surface area contributed by atoms with Gasteiger partial charge in [0.15, 0.2) is 11.5 Å². The molecule has 146 valence electrons. The number of rotatable bonds is 7. The molecule has 7 heteroatoms. The quantitative estimate of drug-likeness (QED) is 0.572. The molecule has 1 heterocycles. The molecule has 0 radical (unpaired) electrons. The van der Waals surface area contributed by atoms with E-state index < -0.39 is 0 Å². The van der Waals surface area contributed by atoms with E-state index in [1.807, 2.05) is 36.4 Å². The predicted octanol–water partition coefficient (Wildman–Crippen LogP) is 4.66. The highest BCUT2D eigenvalue weighted by atomic mass is 79.9. The fraction of sp³-hybridized carbons (Fsp3) is 0.190. The van der Waals surface area contributed by atoms with E-state index in [1.165, 1.54) is 21.3 Å². The van der Waals surface area contributed by atoms with Crippen molar-refractivity contribution in [1.82, 2.24) is 5.32 Å². The van der Waals surface area contributed by atoms with Crippen molar-refractivity contribution >= 4 is 21.8 Å². The number of halogens is 1. The van der Waals surface area contributed by atoms with Gasteiger partial charge in [0, 0.05) is 15.6 Å². The summed E-state index contributed by atoms with van der Waals surface area (Å²) in [7, 11) is 4.52. The number of carbonyl (C=O) groups excluding carboxylic acids is 1. The van der Waals surface area contributed by atoms with Gasteiger partial charge in [-0.25, -0.2) is 0 Å². The third kappa shape index (κ3) is 4.31. The van der Waals surface area contributed by atoms with Crippen molar-refractivity contribution in [2.75, 3.05) is 21.3 Å². The van der Waals surface area contributed by atoms with Crippen LogP contribution in [0.4, 0.5) is 0 Å². The van der Waals surface area contributed by atoms with E-state index in [9.17, 15) is 4.79 Å². The summed E-state index contributed by atoms with van der Waals surface area (Å²) < 4.78 is 22.7. The highest BCUT2D eigenvalue weighted by Gasteiger charge is 2.17. The van der Waals surface area contributed by atoms with Gasteiger partial charge in [-0.05, 0) is 36.4 Å². The SMILES string of the molecule is COc1cc(C(=O)NCc2ccc(-c3ccc(Br)cc3)o2)cc(OC)c1OC. The smallest absolute Gasteiger partial charge is 0.251 e. The second-order valence-electron chi connectivity index (χ2n) is 5.87. The van der Waals surface area contributed by atoms with Gasteiger partial charge in [0.05, 0.1) is 27.9 Å². The molecule has 0 aliphatic heterocycles. The average Bonchev–Trinajstić information content (AvgIpc) is 3.20. The number of carbonyl (C=O) groups is 1. The molecule has 0 saturated carbocycles. The van der Waals surface area contributed by atoms with E-state index in [0.717, 1.165) is 15.8 Å².